The Kier molecular flexibility index (Phi) is 3.36. The van der Waals surface area contributed by atoms with Gasteiger partial charge in [0.2, 0.25) is 5.82 Å². The average Bonchev–Trinajstić information content (AvgIpc) is 2.75. The molecule has 0 saturated heterocycles. The van der Waals surface area contributed by atoms with Gasteiger partial charge in [0, 0.05) is 5.56 Å². The van der Waals surface area contributed by atoms with Gasteiger partial charge < -0.3 is 4.74 Å². The molecule has 1 aromatic carbocycles. The molecule has 0 aliphatic heterocycles. The largest absolute Gasteiger partial charge is 0.459 e. The predicted octanol–water partition coefficient (Wildman–Crippen LogP) is 1.44. The summed E-state index contributed by atoms with van der Waals surface area (Å²) in [5, 5.41) is 11.7. The van der Waals surface area contributed by atoms with Crippen molar-refractivity contribution in [2.45, 2.75) is 20.0 Å². The lowest BCUT2D eigenvalue weighted by molar-refractivity contribution is 0.0378. The van der Waals surface area contributed by atoms with Gasteiger partial charge in [-0.25, -0.2) is 4.79 Å². The quantitative estimate of drug-likeness (QED) is 0.766. The van der Waals surface area contributed by atoms with Gasteiger partial charge in [-0.2, -0.15) is 4.80 Å². The number of benzene rings is 1. The van der Waals surface area contributed by atoms with Crippen molar-refractivity contribution in [3.8, 4) is 11.4 Å². The van der Waals surface area contributed by atoms with E-state index in [-0.39, 0.29) is 12.1 Å². The van der Waals surface area contributed by atoms with Crippen LogP contribution in [0, 0.1) is 0 Å². The molecule has 1 heterocycles. The zero-order valence-corrected chi connectivity index (χ0v) is 10.5. The van der Waals surface area contributed by atoms with Crippen LogP contribution in [0.2, 0.25) is 0 Å². The van der Waals surface area contributed by atoms with Crippen molar-refractivity contribution in [3.63, 3.8) is 0 Å². The summed E-state index contributed by atoms with van der Waals surface area (Å²) in [7, 11) is 1.69. The zero-order chi connectivity index (χ0) is 13.1. The lowest BCUT2D eigenvalue weighted by atomic mass is 10.1. The minimum atomic E-state index is -0.351. The average molecular weight is 246 g/mol. The minimum absolute atomic E-state index is 0.143. The number of rotatable bonds is 3. The van der Waals surface area contributed by atoms with Crippen LogP contribution in [0.25, 0.3) is 11.4 Å². The van der Waals surface area contributed by atoms with Crippen LogP contribution >= 0.6 is 0 Å². The second kappa shape index (κ2) is 4.95. The van der Waals surface area contributed by atoms with Gasteiger partial charge in [-0.15, -0.1) is 10.2 Å². The summed E-state index contributed by atoms with van der Waals surface area (Å²) in [6.07, 6.45) is -0.143. The number of hydrogen-bond donors (Lipinski definition) is 0. The number of carbonyl (C=O) groups is 1. The minimum Gasteiger partial charge on any atom is -0.459 e. The molecule has 94 valence electrons. The van der Waals surface area contributed by atoms with E-state index in [2.05, 4.69) is 15.4 Å². The van der Waals surface area contributed by atoms with Gasteiger partial charge >= 0.3 is 5.97 Å². The Morgan fingerprint density at radius 3 is 2.78 bits per heavy atom. The first-order valence-electron chi connectivity index (χ1n) is 5.61. The summed E-state index contributed by atoms with van der Waals surface area (Å²) < 4.78 is 5.13. The van der Waals surface area contributed by atoms with E-state index in [1.807, 2.05) is 19.9 Å². The number of esters is 1. The van der Waals surface area contributed by atoms with E-state index in [0.29, 0.717) is 11.4 Å². The van der Waals surface area contributed by atoms with Crippen molar-refractivity contribution in [1.82, 2.24) is 20.2 Å². The molecule has 2 aromatic rings. The predicted molar refractivity (Wildman–Crippen MR) is 64.8 cm³/mol. The van der Waals surface area contributed by atoms with Crippen LogP contribution in [0.4, 0.5) is 0 Å². The third-order valence-corrected chi connectivity index (χ3v) is 2.21. The molecular formula is C12H14N4O2. The normalized spacial score (nSPS) is 10.7. The van der Waals surface area contributed by atoms with Gasteiger partial charge in [0.25, 0.3) is 0 Å². The lowest BCUT2D eigenvalue weighted by Gasteiger charge is -2.07. The molecule has 0 unspecified atom stereocenters. The van der Waals surface area contributed by atoms with E-state index in [1.54, 1.807) is 25.2 Å². The van der Waals surface area contributed by atoms with Gasteiger partial charge in [0.15, 0.2) is 0 Å². The number of aromatic nitrogens is 4. The van der Waals surface area contributed by atoms with Crippen LogP contribution in [0.3, 0.4) is 0 Å². The van der Waals surface area contributed by atoms with Gasteiger partial charge in [-0.3, -0.25) is 0 Å². The summed E-state index contributed by atoms with van der Waals surface area (Å²) in [6.45, 7) is 3.62. The van der Waals surface area contributed by atoms with E-state index in [4.69, 9.17) is 4.74 Å². The highest BCUT2D eigenvalue weighted by atomic mass is 16.5. The number of tetrazole rings is 1. The monoisotopic (exact) mass is 246 g/mol. The summed E-state index contributed by atoms with van der Waals surface area (Å²) in [5.74, 6) is 0.132. The molecule has 0 aliphatic carbocycles. The number of aryl methyl sites for hydroxylation is 1. The molecule has 0 aliphatic rings. The van der Waals surface area contributed by atoms with E-state index < -0.39 is 0 Å². The summed E-state index contributed by atoms with van der Waals surface area (Å²) in [4.78, 5) is 13.1. The van der Waals surface area contributed by atoms with Crippen LogP contribution < -0.4 is 0 Å². The third kappa shape index (κ3) is 2.71. The van der Waals surface area contributed by atoms with Crippen molar-refractivity contribution < 1.29 is 9.53 Å². The first-order chi connectivity index (χ1) is 8.56. The van der Waals surface area contributed by atoms with Crippen molar-refractivity contribution >= 4 is 5.97 Å². The molecule has 2 rings (SSSR count). The topological polar surface area (TPSA) is 69.9 Å². The van der Waals surface area contributed by atoms with Crippen molar-refractivity contribution in [1.29, 1.82) is 0 Å². The standard InChI is InChI=1S/C12H14N4O2/c1-8(2)18-12(17)10-6-4-5-9(7-10)11-13-15-16(3)14-11/h4-8H,1-3H3. The van der Waals surface area contributed by atoms with Crippen molar-refractivity contribution in [2.75, 3.05) is 0 Å². The summed E-state index contributed by atoms with van der Waals surface area (Å²) in [5.41, 5.74) is 1.22. The zero-order valence-electron chi connectivity index (χ0n) is 10.5. The SMILES string of the molecule is CC(C)OC(=O)c1cccc(-c2nnn(C)n2)c1. The second-order valence-electron chi connectivity index (χ2n) is 4.14. The molecule has 0 fully saturated rings. The smallest absolute Gasteiger partial charge is 0.338 e. The van der Waals surface area contributed by atoms with E-state index in [0.717, 1.165) is 5.56 Å². The van der Waals surface area contributed by atoms with Crippen LogP contribution in [0.5, 0.6) is 0 Å². The maximum atomic E-state index is 11.8. The number of hydrogen-bond acceptors (Lipinski definition) is 5. The van der Waals surface area contributed by atoms with Crippen LogP contribution in [-0.2, 0) is 11.8 Å². The Morgan fingerprint density at radius 2 is 2.17 bits per heavy atom. The highest BCUT2D eigenvalue weighted by Gasteiger charge is 2.11. The highest BCUT2D eigenvalue weighted by Crippen LogP contribution is 2.16. The lowest BCUT2D eigenvalue weighted by Crippen LogP contribution is -2.11. The summed E-state index contributed by atoms with van der Waals surface area (Å²) in [6, 6.07) is 6.98. The molecule has 0 atom stereocenters. The Bertz CT molecular complexity index is 563. The first-order valence-corrected chi connectivity index (χ1v) is 5.61. The fourth-order valence-corrected chi connectivity index (χ4v) is 1.47. The highest BCUT2D eigenvalue weighted by molar-refractivity contribution is 5.90. The Balaban J connectivity index is 2.28. The molecule has 0 bridgehead atoms. The van der Waals surface area contributed by atoms with Crippen LogP contribution in [0.15, 0.2) is 24.3 Å². The molecule has 6 nitrogen and oxygen atoms in total. The van der Waals surface area contributed by atoms with Gasteiger partial charge in [-0.1, -0.05) is 12.1 Å². The first kappa shape index (κ1) is 12.2. The van der Waals surface area contributed by atoms with Crippen LogP contribution in [0.1, 0.15) is 24.2 Å². The number of ether oxygens (including phenoxy) is 1. The molecule has 0 radical (unpaired) electrons. The number of carbonyl (C=O) groups excluding carboxylic acids is 1. The molecule has 0 N–H and O–H groups in total. The van der Waals surface area contributed by atoms with E-state index in [1.165, 1.54) is 4.80 Å². The van der Waals surface area contributed by atoms with E-state index in [9.17, 15) is 4.79 Å². The van der Waals surface area contributed by atoms with Crippen molar-refractivity contribution in [2.24, 2.45) is 7.05 Å². The molecule has 6 heteroatoms. The second-order valence-corrected chi connectivity index (χ2v) is 4.14. The van der Waals surface area contributed by atoms with Crippen molar-refractivity contribution in [3.05, 3.63) is 29.8 Å². The fraction of sp³-hybridized carbons (Fsp3) is 0.333. The van der Waals surface area contributed by atoms with Gasteiger partial charge in [-0.05, 0) is 31.2 Å². The van der Waals surface area contributed by atoms with Gasteiger partial charge in [0.05, 0.1) is 18.7 Å². The van der Waals surface area contributed by atoms with E-state index >= 15 is 0 Å². The molecule has 0 spiro atoms. The molecule has 0 amide bonds. The molecule has 18 heavy (non-hydrogen) atoms. The number of nitrogens with zero attached hydrogens (tertiary/aromatic N) is 4. The third-order valence-electron chi connectivity index (χ3n) is 2.21. The Morgan fingerprint density at radius 1 is 1.39 bits per heavy atom. The fourth-order valence-electron chi connectivity index (χ4n) is 1.47. The maximum Gasteiger partial charge on any atom is 0.338 e. The molecular weight excluding hydrogens is 232 g/mol. The molecule has 0 saturated carbocycles. The van der Waals surface area contributed by atoms with Crippen LogP contribution in [-0.4, -0.2) is 32.3 Å². The maximum absolute atomic E-state index is 11.8. The molecule has 1 aromatic heterocycles. The Hall–Kier alpha value is -2.24. The Labute approximate surface area is 105 Å². The van der Waals surface area contributed by atoms with Gasteiger partial charge in [0.1, 0.15) is 0 Å². The summed E-state index contributed by atoms with van der Waals surface area (Å²) >= 11 is 0.